The first-order valence-corrected chi connectivity index (χ1v) is 5.63. The minimum Gasteiger partial charge on any atom is -0.384 e. The average Bonchev–Trinajstić information content (AvgIpc) is 2.68. The number of nitrogens with two attached hydrogens (primary N) is 1. The van der Waals surface area contributed by atoms with E-state index in [1.807, 2.05) is 25.1 Å². The third-order valence-corrected chi connectivity index (χ3v) is 2.83. The topological polar surface area (TPSA) is 79.7 Å². The van der Waals surface area contributed by atoms with E-state index in [0.29, 0.717) is 17.9 Å². The molecule has 0 bridgehead atoms. The molecule has 0 saturated carbocycles. The summed E-state index contributed by atoms with van der Waals surface area (Å²) in [5.74, 6) is 0.633. The van der Waals surface area contributed by atoms with E-state index >= 15 is 0 Å². The van der Waals surface area contributed by atoms with Crippen molar-refractivity contribution in [3.8, 4) is 6.07 Å². The van der Waals surface area contributed by atoms with Gasteiger partial charge in [0.2, 0.25) is 0 Å². The number of nitrogens with zero attached hydrogens (tertiary/aromatic N) is 3. The van der Waals surface area contributed by atoms with Crippen molar-refractivity contribution in [2.45, 2.75) is 13.5 Å². The van der Waals surface area contributed by atoms with E-state index in [1.165, 1.54) is 0 Å². The van der Waals surface area contributed by atoms with Crippen molar-refractivity contribution in [3.63, 3.8) is 0 Å². The number of anilines is 2. The molecule has 18 heavy (non-hydrogen) atoms. The number of hydrogen-bond donors (Lipinski definition) is 2. The van der Waals surface area contributed by atoms with Crippen LogP contribution in [0.3, 0.4) is 0 Å². The average molecular weight is 241 g/mol. The van der Waals surface area contributed by atoms with Crippen molar-refractivity contribution >= 4 is 11.5 Å². The smallest absolute Gasteiger partial charge is 0.126 e. The van der Waals surface area contributed by atoms with E-state index in [1.54, 1.807) is 17.9 Å². The van der Waals surface area contributed by atoms with E-state index in [-0.39, 0.29) is 0 Å². The van der Waals surface area contributed by atoms with Gasteiger partial charge in [-0.2, -0.15) is 10.4 Å². The van der Waals surface area contributed by atoms with Crippen LogP contribution in [0.25, 0.3) is 0 Å². The van der Waals surface area contributed by atoms with Gasteiger partial charge in [0.15, 0.2) is 0 Å². The highest BCUT2D eigenvalue weighted by Gasteiger charge is 2.06. The lowest BCUT2D eigenvalue weighted by Gasteiger charge is -2.08. The molecule has 92 valence electrons. The largest absolute Gasteiger partial charge is 0.384 e. The van der Waals surface area contributed by atoms with Gasteiger partial charge in [-0.1, -0.05) is 6.07 Å². The van der Waals surface area contributed by atoms with Crippen molar-refractivity contribution in [2.24, 2.45) is 7.05 Å². The molecule has 5 heteroatoms. The maximum atomic E-state index is 9.07. The van der Waals surface area contributed by atoms with E-state index in [2.05, 4.69) is 16.5 Å². The highest BCUT2D eigenvalue weighted by molar-refractivity contribution is 5.59. The van der Waals surface area contributed by atoms with Gasteiger partial charge in [-0.05, 0) is 24.6 Å². The van der Waals surface area contributed by atoms with Gasteiger partial charge in [0, 0.05) is 19.2 Å². The molecule has 1 aromatic carbocycles. The summed E-state index contributed by atoms with van der Waals surface area (Å²) in [7, 11) is 1.80. The first kappa shape index (κ1) is 12.0. The van der Waals surface area contributed by atoms with Crippen LogP contribution >= 0.6 is 0 Å². The summed E-state index contributed by atoms with van der Waals surface area (Å²) >= 11 is 0. The Morgan fingerprint density at radius 3 is 2.89 bits per heavy atom. The Balaban J connectivity index is 2.16. The zero-order valence-corrected chi connectivity index (χ0v) is 10.4. The fourth-order valence-corrected chi connectivity index (χ4v) is 1.72. The van der Waals surface area contributed by atoms with E-state index in [0.717, 1.165) is 16.8 Å². The summed E-state index contributed by atoms with van der Waals surface area (Å²) in [6.45, 7) is 2.52. The number of benzene rings is 1. The number of hydrogen-bond acceptors (Lipinski definition) is 4. The van der Waals surface area contributed by atoms with Gasteiger partial charge in [-0.15, -0.1) is 0 Å². The number of aromatic nitrogens is 2. The van der Waals surface area contributed by atoms with Crippen LogP contribution < -0.4 is 11.1 Å². The van der Waals surface area contributed by atoms with Crippen LogP contribution in [0.5, 0.6) is 0 Å². The molecule has 0 unspecified atom stereocenters. The maximum Gasteiger partial charge on any atom is 0.126 e. The Morgan fingerprint density at radius 1 is 1.50 bits per heavy atom. The zero-order valence-electron chi connectivity index (χ0n) is 10.4. The van der Waals surface area contributed by atoms with Gasteiger partial charge in [-0.25, -0.2) is 0 Å². The monoisotopic (exact) mass is 241 g/mol. The van der Waals surface area contributed by atoms with E-state index in [9.17, 15) is 0 Å². The van der Waals surface area contributed by atoms with Crippen molar-refractivity contribution in [1.82, 2.24) is 9.78 Å². The second-order valence-electron chi connectivity index (χ2n) is 4.19. The first-order chi connectivity index (χ1) is 8.61. The van der Waals surface area contributed by atoms with Crippen LogP contribution in [-0.4, -0.2) is 9.78 Å². The zero-order chi connectivity index (χ0) is 13.1. The highest BCUT2D eigenvalue weighted by Crippen LogP contribution is 2.18. The summed E-state index contributed by atoms with van der Waals surface area (Å²) in [5.41, 5.74) is 9.29. The van der Waals surface area contributed by atoms with E-state index in [4.69, 9.17) is 11.0 Å². The quantitative estimate of drug-likeness (QED) is 0.858. The Hall–Kier alpha value is -2.48. The summed E-state index contributed by atoms with van der Waals surface area (Å²) < 4.78 is 1.62. The summed E-state index contributed by atoms with van der Waals surface area (Å²) in [6, 6.07) is 7.91. The Labute approximate surface area is 106 Å². The minimum absolute atomic E-state index is 0.553. The molecule has 0 aliphatic rings. The van der Waals surface area contributed by atoms with Crippen molar-refractivity contribution in [1.29, 1.82) is 5.26 Å². The molecule has 0 amide bonds. The highest BCUT2D eigenvalue weighted by atomic mass is 15.3. The lowest BCUT2D eigenvalue weighted by atomic mass is 10.1. The van der Waals surface area contributed by atoms with Gasteiger partial charge in [-0.3, -0.25) is 4.68 Å². The van der Waals surface area contributed by atoms with Crippen LogP contribution in [0.2, 0.25) is 0 Å². The Morgan fingerprint density at radius 2 is 2.28 bits per heavy atom. The van der Waals surface area contributed by atoms with Gasteiger partial charge in [0.05, 0.1) is 17.4 Å². The summed E-state index contributed by atoms with van der Waals surface area (Å²) in [4.78, 5) is 0. The lowest BCUT2D eigenvalue weighted by Crippen LogP contribution is -2.05. The fourth-order valence-electron chi connectivity index (χ4n) is 1.72. The van der Waals surface area contributed by atoms with Gasteiger partial charge >= 0.3 is 0 Å². The molecule has 0 aliphatic heterocycles. The molecule has 0 spiro atoms. The molecule has 0 atom stereocenters. The molecular formula is C13H15N5. The number of rotatable bonds is 3. The molecule has 2 aromatic rings. The van der Waals surface area contributed by atoms with Crippen LogP contribution in [0, 0.1) is 18.3 Å². The van der Waals surface area contributed by atoms with Crippen LogP contribution in [0.15, 0.2) is 24.4 Å². The van der Waals surface area contributed by atoms with Crippen LogP contribution in [-0.2, 0) is 13.6 Å². The molecule has 0 fully saturated rings. The molecule has 3 N–H and O–H groups in total. The maximum absolute atomic E-state index is 9.07. The van der Waals surface area contributed by atoms with Crippen LogP contribution in [0.1, 0.15) is 16.7 Å². The number of nitriles is 1. The fraction of sp³-hybridized carbons (Fsp3) is 0.231. The Kier molecular flexibility index (Phi) is 3.20. The first-order valence-electron chi connectivity index (χ1n) is 5.63. The van der Waals surface area contributed by atoms with E-state index < -0.39 is 0 Å². The Bertz CT molecular complexity index is 606. The SMILES string of the molecule is Cc1ccc(NCc2cnn(C)c2N)c(C#N)c1. The summed E-state index contributed by atoms with van der Waals surface area (Å²) in [6.07, 6.45) is 1.72. The minimum atomic E-state index is 0.553. The number of nitrogen functional groups attached to an aromatic ring is 1. The second kappa shape index (κ2) is 4.80. The van der Waals surface area contributed by atoms with Crippen LogP contribution in [0.4, 0.5) is 11.5 Å². The number of aryl methyl sites for hydroxylation is 2. The molecule has 1 aromatic heterocycles. The molecule has 1 heterocycles. The van der Waals surface area contributed by atoms with Gasteiger partial charge in [0.1, 0.15) is 11.9 Å². The third kappa shape index (κ3) is 2.28. The third-order valence-electron chi connectivity index (χ3n) is 2.83. The standard InChI is InChI=1S/C13H15N5/c1-9-3-4-12(10(5-9)6-14)16-7-11-8-17-18(2)13(11)15/h3-5,8,16H,7,15H2,1-2H3. The predicted octanol–water partition coefficient (Wildman–Crippen LogP) is 1.79. The molecule has 5 nitrogen and oxygen atoms in total. The molecule has 0 saturated heterocycles. The van der Waals surface area contributed by atoms with Crippen molar-refractivity contribution in [2.75, 3.05) is 11.1 Å². The van der Waals surface area contributed by atoms with Gasteiger partial charge in [0.25, 0.3) is 0 Å². The normalized spacial score (nSPS) is 10.1. The van der Waals surface area contributed by atoms with Gasteiger partial charge < -0.3 is 11.1 Å². The summed E-state index contributed by atoms with van der Waals surface area (Å²) in [5, 5.41) is 16.3. The van der Waals surface area contributed by atoms with Crippen molar-refractivity contribution < 1.29 is 0 Å². The van der Waals surface area contributed by atoms with Crippen molar-refractivity contribution in [3.05, 3.63) is 41.1 Å². The second-order valence-corrected chi connectivity index (χ2v) is 4.19. The molecule has 0 aliphatic carbocycles. The number of nitrogens with one attached hydrogen (secondary N) is 1. The molecular weight excluding hydrogens is 226 g/mol. The predicted molar refractivity (Wildman–Crippen MR) is 70.8 cm³/mol. The molecule has 2 rings (SSSR count). The lowest BCUT2D eigenvalue weighted by molar-refractivity contribution is 0.778. The molecule has 0 radical (unpaired) electrons.